The summed E-state index contributed by atoms with van der Waals surface area (Å²) in [5, 5.41) is 4.19. The summed E-state index contributed by atoms with van der Waals surface area (Å²) in [5.41, 5.74) is 3.92. The highest BCUT2D eigenvalue weighted by Crippen LogP contribution is 2.23. The molecule has 0 unspecified atom stereocenters. The molecular weight excluding hydrogens is 316 g/mol. The van der Waals surface area contributed by atoms with Crippen molar-refractivity contribution in [1.29, 1.82) is 0 Å². The number of pyridine rings is 1. The summed E-state index contributed by atoms with van der Waals surface area (Å²) in [6.45, 7) is 3.99. The molecule has 0 atom stereocenters. The Morgan fingerprint density at radius 3 is 2.65 bits per heavy atom. The number of halogens is 1. The Kier molecular flexibility index (Phi) is 3.36. The largest absolute Gasteiger partial charge is 0.323 e. The van der Waals surface area contributed by atoms with E-state index >= 15 is 0 Å². The van der Waals surface area contributed by atoms with Gasteiger partial charge in [0.15, 0.2) is 0 Å². The van der Waals surface area contributed by atoms with E-state index in [4.69, 9.17) is 0 Å². The van der Waals surface area contributed by atoms with Crippen LogP contribution in [0.5, 0.6) is 0 Å². The molecule has 20 heavy (non-hydrogen) atoms. The second kappa shape index (κ2) is 5.17. The molecule has 0 aliphatic heterocycles. The van der Waals surface area contributed by atoms with E-state index in [2.05, 4.69) is 36.2 Å². The van der Waals surface area contributed by atoms with Gasteiger partial charge >= 0.3 is 0 Å². The smallest absolute Gasteiger partial charge is 0.227 e. The molecule has 3 aromatic rings. The van der Waals surface area contributed by atoms with Crippen LogP contribution in [0.3, 0.4) is 0 Å². The molecule has 4 nitrogen and oxygen atoms in total. The van der Waals surface area contributed by atoms with Gasteiger partial charge in [-0.05, 0) is 43.7 Å². The number of hydrogen-bond acceptors (Lipinski definition) is 4. The zero-order chi connectivity index (χ0) is 14.1. The standard InChI is InChI=1S/C15H13BrN4/c1-9-5-12(16)6-11-7-18-15(20-14(9)11)19-13-4-3-10(2)17-8-13/h3-8H,1-2H3,(H,18,19,20). The van der Waals surface area contributed by atoms with E-state index in [0.29, 0.717) is 5.95 Å². The second-order valence-corrected chi connectivity index (χ2v) is 5.58. The van der Waals surface area contributed by atoms with Gasteiger partial charge < -0.3 is 5.32 Å². The van der Waals surface area contributed by atoms with Crippen LogP contribution in [0, 0.1) is 13.8 Å². The summed E-state index contributed by atoms with van der Waals surface area (Å²) in [6, 6.07) is 7.97. The zero-order valence-electron chi connectivity index (χ0n) is 11.2. The summed E-state index contributed by atoms with van der Waals surface area (Å²) in [5.74, 6) is 0.577. The molecule has 2 aromatic heterocycles. The minimum Gasteiger partial charge on any atom is -0.323 e. The highest BCUT2D eigenvalue weighted by atomic mass is 79.9. The lowest BCUT2D eigenvalue weighted by Gasteiger charge is -2.07. The fourth-order valence-electron chi connectivity index (χ4n) is 2.01. The van der Waals surface area contributed by atoms with E-state index in [9.17, 15) is 0 Å². The molecule has 0 saturated heterocycles. The van der Waals surface area contributed by atoms with Crippen LogP contribution < -0.4 is 5.32 Å². The van der Waals surface area contributed by atoms with Crippen molar-refractivity contribution >= 4 is 38.5 Å². The number of nitrogens with zero attached hydrogens (tertiary/aromatic N) is 3. The molecule has 0 amide bonds. The normalized spacial score (nSPS) is 10.8. The molecule has 0 saturated carbocycles. The van der Waals surface area contributed by atoms with Gasteiger partial charge in [0, 0.05) is 21.7 Å². The maximum absolute atomic E-state index is 4.56. The fraction of sp³-hybridized carbons (Fsp3) is 0.133. The van der Waals surface area contributed by atoms with Crippen LogP contribution in [0.1, 0.15) is 11.3 Å². The SMILES string of the molecule is Cc1ccc(Nc2ncc3cc(Br)cc(C)c3n2)cn1. The van der Waals surface area contributed by atoms with Crippen molar-refractivity contribution in [3.63, 3.8) is 0 Å². The minimum absolute atomic E-state index is 0.577. The average Bonchev–Trinajstić information content (AvgIpc) is 2.42. The van der Waals surface area contributed by atoms with E-state index < -0.39 is 0 Å². The molecule has 0 radical (unpaired) electrons. The molecule has 0 aliphatic rings. The van der Waals surface area contributed by atoms with Crippen LogP contribution in [-0.2, 0) is 0 Å². The van der Waals surface area contributed by atoms with Crippen LogP contribution in [0.25, 0.3) is 10.9 Å². The summed E-state index contributed by atoms with van der Waals surface area (Å²) >= 11 is 3.48. The second-order valence-electron chi connectivity index (χ2n) is 4.67. The molecule has 1 aromatic carbocycles. The number of benzene rings is 1. The number of aromatic nitrogens is 3. The summed E-state index contributed by atoms with van der Waals surface area (Å²) in [6.07, 6.45) is 3.60. The van der Waals surface area contributed by atoms with Crippen LogP contribution in [0.2, 0.25) is 0 Å². The quantitative estimate of drug-likeness (QED) is 0.767. The highest BCUT2D eigenvalue weighted by molar-refractivity contribution is 9.10. The third-order valence-electron chi connectivity index (χ3n) is 3.01. The fourth-order valence-corrected chi connectivity index (χ4v) is 2.60. The number of hydrogen-bond donors (Lipinski definition) is 1. The maximum Gasteiger partial charge on any atom is 0.227 e. The third kappa shape index (κ3) is 2.63. The summed E-state index contributed by atoms with van der Waals surface area (Å²) in [4.78, 5) is 13.1. The zero-order valence-corrected chi connectivity index (χ0v) is 12.8. The van der Waals surface area contributed by atoms with Gasteiger partial charge in [-0.1, -0.05) is 15.9 Å². The van der Waals surface area contributed by atoms with Crippen LogP contribution in [0.15, 0.2) is 41.1 Å². The Morgan fingerprint density at radius 1 is 1.05 bits per heavy atom. The molecule has 3 rings (SSSR count). The van der Waals surface area contributed by atoms with Crippen molar-refractivity contribution in [3.05, 3.63) is 52.4 Å². The molecule has 0 spiro atoms. The Morgan fingerprint density at radius 2 is 1.90 bits per heavy atom. The van der Waals surface area contributed by atoms with Crippen molar-refractivity contribution in [2.24, 2.45) is 0 Å². The van der Waals surface area contributed by atoms with Gasteiger partial charge in [-0.25, -0.2) is 9.97 Å². The lowest BCUT2D eigenvalue weighted by Crippen LogP contribution is -1.98. The first-order valence-corrected chi connectivity index (χ1v) is 7.04. The lowest BCUT2D eigenvalue weighted by atomic mass is 10.1. The van der Waals surface area contributed by atoms with Gasteiger partial charge in [-0.2, -0.15) is 0 Å². The number of anilines is 2. The predicted molar refractivity (Wildman–Crippen MR) is 84.2 cm³/mol. The third-order valence-corrected chi connectivity index (χ3v) is 3.46. The summed E-state index contributed by atoms with van der Waals surface area (Å²) in [7, 11) is 0. The van der Waals surface area contributed by atoms with E-state index in [1.807, 2.05) is 44.3 Å². The van der Waals surface area contributed by atoms with E-state index in [1.54, 1.807) is 6.20 Å². The molecule has 2 heterocycles. The number of fused-ring (bicyclic) bond motifs is 1. The predicted octanol–water partition coefficient (Wildman–Crippen LogP) is 4.15. The molecular formula is C15H13BrN4. The topological polar surface area (TPSA) is 50.7 Å². The summed E-state index contributed by atoms with van der Waals surface area (Å²) < 4.78 is 1.04. The van der Waals surface area contributed by atoms with Crippen LogP contribution in [-0.4, -0.2) is 15.0 Å². The van der Waals surface area contributed by atoms with Gasteiger partial charge in [0.1, 0.15) is 0 Å². The van der Waals surface area contributed by atoms with E-state index in [0.717, 1.165) is 32.3 Å². The van der Waals surface area contributed by atoms with Crippen LogP contribution in [0.4, 0.5) is 11.6 Å². The van der Waals surface area contributed by atoms with Gasteiger partial charge in [0.2, 0.25) is 5.95 Å². The van der Waals surface area contributed by atoms with Gasteiger partial charge in [-0.3, -0.25) is 4.98 Å². The molecule has 100 valence electrons. The molecule has 5 heteroatoms. The highest BCUT2D eigenvalue weighted by Gasteiger charge is 2.04. The minimum atomic E-state index is 0.577. The van der Waals surface area contributed by atoms with Crippen molar-refractivity contribution < 1.29 is 0 Å². The Balaban J connectivity index is 1.98. The van der Waals surface area contributed by atoms with Crippen molar-refractivity contribution in [2.75, 3.05) is 5.32 Å². The lowest BCUT2D eigenvalue weighted by molar-refractivity contribution is 1.17. The Hall–Kier alpha value is -2.01. The monoisotopic (exact) mass is 328 g/mol. The number of rotatable bonds is 2. The van der Waals surface area contributed by atoms with Crippen molar-refractivity contribution in [1.82, 2.24) is 15.0 Å². The van der Waals surface area contributed by atoms with Gasteiger partial charge in [0.05, 0.1) is 17.4 Å². The molecule has 0 bridgehead atoms. The van der Waals surface area contributed by atoms with Crippen molar-refractivity contribution in [3.8, 4) is 0 Å². The first kappa shape index (κ1) is 13.0. The van der Waals surface area contributed by atoms with Crippen molar-refractivity contribution in [2.45, 2.75) is 13.8 Å². The van der Waals surface area contributed by atoms with E-state index in [1.165, 1.54) is 0 Å². The van der Waals surface area contributed by atoms with Gasteiger partial charge in [0.25, 0.3) is 0 Å². The first-order chi connectivity index (χ1) is 9.61. The van der Waals surface area contributed by atoms with Crippen LogP contribution >= 0.6 is 15.9 Å². The number of aryl methyl sites for hydroxylation is 2. The maximum atomic E-state index is 4.56. The van der Waals surface area contributed by atoms with Gasteiger partial charge in [-0.15, -0.1) is 0 Å². The first-order valence-electron chi connectivity index (χ1n) is 6.24. The molecule has 0 fully saturated rings. The molecule has 1 N–H and O–H groups in total. The number of nitrogens with one attached hydrogen (secondary N) is 1. The Labute approximate surface area is 125 Å². The average molecular weight is 329 g/mol. The molecule has 0 aliphatic carbocycles. The Bertz CT molecular complexity index is 769. The van der Waals surface area contributed by atoms with E-state index in [-0.39, 0.29) is 0 Å².